The minimum absolute atomic E-state index is 0.0151. The number of hydrogen-bond donors (Lipinski definition) is 4. The van der Waals surface area contributed by atoms with Crippen molar-refractivity contribution in [3.63, 3.8) is 0 Å². The van der Waals surface area contributed by atoms with Crippen LogP contribution in [0.3, 0.4) is 0 Å². The second-order valence-electron chi connectivity index (χ2n) is 11.7. The van der Waals surface area contributed by atoms with Crippen molar-refractivity contribution >= 4 is 17.5 Å². The zero-order chi connectivity index (χ0) is 26.3. The number of carbonyl (C=O) groups is 3. The fourth-order valence-electron chi connectivity index (χ4n) is 8.00. The van der Waals surface area contributed by atoms with Gasteiger partial charge in [-0.15, -0.1) is 0 Å². The Balaban J connectivity index is 1.64. The third-order valence-electron chi connectivity index (χ3n) is 10.4. The van der Waals surface area contributed by atoms with Gasteiger partial charge >= 0.3 is 5.97 Å². The van der Waals surface area contributed by atoms with Crippen LogP contribution in [0, 0.1) is 16.7 Å². The Labute approximate surface area is 210 Å². The van der Waals surface area contributed by atoms with Crippen molar-refractivity contribution in [1.82, 2.24) is 0 Å². The number of ketones is 2. The topological polar surface area (TPSA) is 141 Å². The molecule has 1 aromatic carbocycles. The molecule has 4 aliphatic rings. The standard InChI is InChI=1S/C28H34O8/c1-16(29)26(33)12-13-28(35)25(26,3)22(36-23(32)17-4-6-19(30)7-5-17)15-21-24(2)10-9-20(31)14-18(24)8-11-27(21,28)34/h4-8,21-22,30,33-35H,9-15H2,1-3H3/t21-,22-,24+,25-,26-,27+,28-/m1/s1. The number of allylic oxidation sites excluding steroid dienone is 1. The highest BCUT2D eigenvalue weighted by molar-refractivity contribution is 5.90. The predicted octanol–water partition coefficient (Wildman–Crippen LogP) is 2.61. The molecular formula is C28H34O8. The smallest absolute Gasteiger partial charge is 0.338 e. The summed E-state index contributed by atoms with van der Waals surface area (Å²) < 4.78 is 5.99. The zero-order valence-corrected chi connectivity index (χ0v) is 20.9. The van der Waals surface area contributed by atoms with Crippen LogP contribution in [0.25, 0.3) is 0 Å². The predicted molar refractivity (Wildman–Crippen MR) is 128 cm³/mol. The Bertz CT molecular complexity index is 1170. The molecule has 4 aliphatic carbocycles. The van der Waals surface area contributed by atoms with Crippen LogP contribution in [-0.2, 0) is 14.3 Å². The number of benzene rings is 1. The maximum atomic E-state index is 13.2. The Hall–Kier alpha value is -2.55. The number of phenolic OH excluding ortho intramolecular Hbond substituents is 1. The van der Waals surface area contributed by atoms with E-state index in [-0.39, 0.29) is 49.2 Å². The van der Waals surface area contributed by atoms with E-state index < -0.39 is 51.4 Å². The van der Waals surface area contributed by atoms with Crippen molar-refractivity contribution in [1.29, 1.82) is 0 Å². The molecule has 8 heteroatoms. The first kappa shape index (κ1) is 25.1. The van der Waals surface area contributed by atoms with E-state index in [1.165, 1.54) is 38.1 Å². The van der Waals surface area contributed by atoms with Crippen LogP contribution in [0.5, 0.6) is 5.75 Å². The number of ether oxygens (including phenoxy) is 1. The van der Waals surface area contributed by atoms with Crippen LogP contribution >= 0.6 is 0 Å². The van der Waals surface area contributed by atoms with E-state index in [0.717, 1.165) is 5.57 Å². The highest BCUT2D eigenvalue weighted by Gasteiger charge is 2.81. The first-order valence-corrected chi connectivity index (χ1v) is 12.6. The molecule has 0 saturated heterocycles. The largest absolute Gasteiger partial charge is 0.508 e. The molecule has 3 fully saturated rings. The highest BCUT2D eigenvalue weighted by Crippen LogP contribution is 2.70. The van der Waals surface area contributed by atoms with Gasteiger partial charge in [0.1, 0.15) is 34.4 Å². The zero-order valence-electron chi connectivity index (χ0n) is 20.9. The fourth-order valence-corrected chi connectivity index (χ4v) is 8.00. The Morgan fingerprint density at radius 3 is 2.33 bits per heavy atom. The average Bonchev–Trinajstić information content (AvgIpc) is 3.06. The van der Waals surface area contributed by atoms with Gasteiger partial charge in [-0.25, -0.2) is 4.79 Å². The van der Waals surface area contributed by atoms with Crippen LogP contribution in [0.4, 0.5) is 0 Å². The van der Waals surface area contributed by atoms with Crippen molar-refractivity contribution < 1.29 is 39.5 Å². The first-order chi connectivity index (χ1) is 16.7. The molecule has 8 nitrogen and oxygen atoms in total. The molecule has 3 saturated carbocycles. The van der Waals surface area contributed by atoms with E-state index in [1.807, 2.05) is 13.0 Å². The van der Waals surface area contributed by atoms with E-state index in [2.05, 4.69) is 0 Å². The normalized spacial score (nSPS) is 43.6. The molecular weight excluding hydrogens is 464 g/mol. The summed E-state index contributed by atoms with van der Waals surface area (Å²) in [6.45, 7) is 4.77. The molecule has 194 valence electrons. The van der Waals surface area contributed by atoms with Gasteiger partial charge in [0.05, 0.1) is 11.0 Å². The Morgan fingerprint density at radius 1 is 1.03 bits per heavy atom. The summed E-state index contributed by atoms with van der Waals surface area (Å²) in [6.07, 6.45) is 1.94. The van der Waals surface area contributed by atoms with Crippen molar-refractivity contribution in [2.24, 2.45) is 16.7 Å². The van der Waals surface area contributed by atoms with E-state index in [0.29, 0.717) is 12.8 Å². The number of hydrogen-bond acceptors (Lipinski definition) is 8. The molecule has 4 N–H and O–H groups in total. The summed E-state index contributed by atoms with van der Waals surface area (Å²) in [6, 6.07) is 5.53. The summed E-state index contributed by atoms with van der Waals surface area (Å²) >= 11 is 0. The molecule has 7 atom stereocenters. The van der Waals surface area contributed by atoms with Crippen LogP contribution < -0.4 is 0 Å². The van der Waals surface area contributed by atoms with Gasteiger partial charge in [0, 0.05) is 18.8 Å². The van der Waals surface area contributed by atoms with Gasteiger partial charge in [-0.2, -0.15) is 0 Å². The monoisotopic (exact) mass is 498 g/mol. The van der Waals surface area contributed by atoms with Crippen LogP contribution in [-0.4, -0.2) is 60.9 Å². The lowest BCUT2D eigenvalue weighted by molar-refractivity contribution is -0.311. The van der Waals surface area contributed by atoms with E-state index in [4.69, 9.17) is 4.74 Å². The third-order valence-corrected chi connectivity index (χ3v) is 10.4. The molecule has 0 bridgehead atoms. The molecule has 0 spiro atoms. The van der Waals surface area contributed by atoms with Gasteiger partial charge in [-0.3, -0.25) is 9.59 Å². The number of rotatable bonds is 3. The second-order valence-corrected chi connectivity index (χ2v) is 11.7. The van der Waals surface area contributed by atoms with E-state index >= 15 is 0 Å². The number of carbonyl (C=O) groups excluding carboxylic acids is 3. The Kier molecular flexibility index (Phi) is 5.39. The van der Waals surface area contributed by atoms with Gasteiger partial charge in [0.2, 0.25) is 0 Å². The molecule has 5 rings (SSSR count). The van der Waals surface area contributed by atoms with Crippen LogP contribution in [0.15, 0.2) is 35.9 Å². The Morgan fingerprint density at radius 2 is 1.69 bits per heavy atom. The van der Waals surface area contributed by atoms with Crippen LogP contribution in [0.2, 0.25) is 0 Å². The minimum Gasteiger partial charge on any atom is -0.508 e. The SMILES string of the molecule is CC(=O)[C@]1(O)CC[C@@]2(O)[C@]1(C)[C@H](OC(=O)c1ccc(O)cc1)C[C@@H]1[C@@]3(C)CCC(=O)CC3=CC[C@]12O. The maximum Gasteiger partial charge on any atom is 0.338 e. The minimum atomic E-state index is -2.02. The lowest BCUT2D eigenvalue weighted by Gasteiger charge is -2.66. The quantitative estimate of drug-likeness (QED) is 0.368. The van der Waals surface area contributed by atoms with Crippen molar-refractivity contribution in [3.05, 3.63) is 41.5 Å². The second kappa shape index (κ2) is 7.73. The number of fused-ring (bicyclic) bond motifs is 5. The molecule has 0 radical (unpaired) electrons. The van der Waals surface area contributed by atoms with Gasteiger partial charge in [0.25, 0.3) is 0 Å². The lowest BCUT2D eigenvalue weighted by Crippen LogP contribution is -2.78. The number of esters is 1. The average molecular weight is 499 g/mol. The number of Topliss-reactive ketones (excluding diaryl/α,β-unsaturated/α-hetero) is 2. The molecule has 0 heterocycles. The van der Waals surface area contributed by atoms with Crippen LogP contribution in [0.1, 0.15) is 76.1 Å². The first-order valence-electron chi connectivity index (χ1n) is 12.6. The molecule has 0 unspecified atom stereocenters. The van der Waals surface area contributed by atoms with Crippen molar-refractivity contribution in [2.45, 2.75) is 88.6 Å². The van der Waals surface area contributed by atoms with Gasteiger partial charge in [-0.1, -0.05) is 18.6 Å². The van der Waals surface area contributed by atoms with Crippen molar-refractivity contribution in [2.75, 3.05) is 0 Å². The molecule has 0 amide bonds. The van der Waals surface area contributed by atoms with Gasteiger partial charge < -0.3 is 25.2 Å². The van der Waals surface area contributed by atoms with Gasteiger partial charge in [0.15, 0.2) is 5.78 Å². The highest BCUT2D eigenvalue weighted by atomic mass is 16.5. The summed E-state index contributed by atoms with van der Waals surface area (Å²) in [7, 11) is 0. The number of aromatic hydroxyl groups is 1. The maximum absolute atomic E-state index is 13.2. The molecule has 0 aliphatic heterocycles. The number of phenols is 1. The van der Waals surface area contributed by atoms with E-state index in [9.17, 15) is 34.8 Å². The lowest BCUT2D eigenvalue weighted by atomic mass is 9.42. The summed E-state index contributed by atoms with van der Waals surface area (Å²) in [5.41, 5.74) is -6.85. The summed E-state index contributed by atoms with van der Waals surface area (Å²) in [5.74, 6) is -1.73. The number of aliphatic hydroxyl groups is 3. The molecule has 36 heavy (non-hydrogen) atoms. The molecule has 1 aromatic rings. The fraction of sp³-hybridized carbons (Fsp3) is 0.607. The molecule has 0 aromatic heterocycles. The summed E-state index contributed by atoms with van der Waals surface area (Å²) in [5, 5.41) is 46.0. The van der Waals surface area contributed by atoms with Gasteiger partial charge in [-0.05, 0) is 75.6 Å². The van der Waals surface area contributed by atoms with Crippen molar-refractivity contribution in [3.8, 4) is 5.75 Å². The summed E-state index contributed by atoms with van der Waals surface area (Å²) in [4.78, 5) is 38.3. The third kappa shape index (κ3) is 2.95. The van der Waals surface area contributed by atoms with E-state index in [1.54, 1.807) is 0 Å².